The Labute approximate surface area is 159 Å². The van der Waals surface area contributed by atoms with E-state index >= 15 is 0 Å². The molecule has 2 aromatic carbocycles. The lowest BCUT2D eigenvalue weighted by Crippen LogP contribution is -2.06. The highest BCUT2D eigenvalue weighted by atomic mass is 32.1. The molecule has 0 N–H and O–H groups in total. The third kappa shape index (κ3) is 3.45. The highest BCUT2D eigenvalue weighted by Crippen LogP contribution is 2.23. The van der Waals surface area contributed by atoms with Gasteiger partial charge < -0.3 is 4.57 Å². The van der Waals surface area contributed by atoms with Crippen molar-refractivity contribution < 1.29 is 0 Å². The third-order valence-electron chi connectivity index (χ3n) is 5.15. The SMILES string of the molecule is CCC(C)c1ccc(Cn2c(Cc3cccs3)nc3ccccc32)cc1. The van der Waals surface area contributed by atoms with E-state index in [9.17, 15) is 0 Å². The molecule has 2 nitrogen and oxygen atoms in total. The number of hydrogen-bond donors (Lipinski definition) is 0. The zero-order valence-electron chi connectivity index (χ0n) is 15.4. The van der Waals surface area contributed by atoms with Crippen LogP contribution in [0.3, 0.4) is 0 Å². The number of aromatic nitrogens is 2. The van der Waals surface area contributed by atoms with Crippen LogP contribution < -0.4 is 0 Å². The van der Waals surface area contributed by atoms with Crippen LogP contribution in [0.5, 0.6) is 0 Å². The molecule has 4 aromatic rings. The Bertz CT molecular complexity index is 981. The number of para-hydroxylation sites is 2. The molecule has 0 aliphatic heterocycles. The molecule has 0 amide bonds. The van der Waals surface area contributed by atoms with Crippen molar-refractivity contribution in [1.82, 2.24) is 9.55 Å². The van der Waals surface area contributed by atoms with Crippen LogP contribution in [-0.4, -0.2) is 9.55 Å². The van der Waals surface area contributed by atoms with Gasteiger partial charge in [0.15, 0.2) is 0 Å². The zero-order valence-corrected chi connectivity index (χ0v) is 16.2. The summed E-state index contributed by atoms with van der Waals surface area (Å²) < 4.78 is 2.37. The second-order valence-electron chi connectivity index (χ2n) is 6.91. The second-order valence-corrected chi connectivity index (χ2v) is 7.94. The van der Waals surface area contributed by atoms with E-state index in [2.05, 4.69) is 84.5 Å². The highest BCUT2D eigenvalue weighted by molar-refractivity contribution is 7.09. The van der Waals surface area contributed by atoms with Crippen molar-refractivity contribution in [2.75, 3.05) is 0 Å². The summed E-state index contributed by atoms with van der Waals surface area (Å²) in [5.74, 6) is 1.76. The Morgan fingerprint density at radius 3 is 2.54 bits per heavy atom. The van der Waals surface area contributed by atoms with Crippen LogP contribution in [0.25, 0.3) is 11.0 Å². The van der Waals surface area contributed by atoms with Gasteiger partial charge in [-0.1, -0.05) is 56.3 Å². The van der Waals surface area contributed by atoms with Crippen molar-refractivity contribution in [3.05, 3.63) is 87.9 Å². The van der Waals surface area contributed by atoms with Gasteiger partial charge >= 0.3 is 0 Å². The monoisotopic (exact) mass is 360 g/mol. The van der Waals surface area contributed by atoms with Crippen LogP contribution in [-0.2, 0) is 13.0 Å². The summed E-state index contributed by atoms with van der Waals surface area (Å²) in [6.45, 7) is 5.40. The Kier molecular flexibility index (Phi) is 4.89. The fourth-order valence-corrected chi connectivity index (χ4v) is 4.08. The van der Waals surface area contributed by atoms with E-state index in [0.717, 1.165) is 24.3 Å². The van der Waals surface area contributed by atoms with E-state index in [0.29, 0.717) is 5.92 Å². The number of imidazole rings is 1. The summed E-state index contributed by atoms with van der Waals surface area (Å²) >= 11 is 1.80. The minimum Gasteiger partial charge on any atom is -0.323 e. The van der Waals surface area contributed by atoms with Crippen LogP contribution in [0.15, 0.2) is 66.0 Å². The molecule has 0 saturated heterocycles. The van der Waals surface area contributed by atoms with Gasteiger partial charge in [-0.2, -0.15) is 0 Å². The van der Waals surface area contributed by atoms with E-state index in [1.807, 2.05) is 0 Å². The van der Waals surface area contributed by atoms with E-state index < -0.39 is 0 Å². The lowest BCUT2D eigenvalue weighted by molar-refractivity contribution is 0.730. The maximum Gasteiger partial charge on any atom is 0.115 e. The van der Waals surface area contributed by atoms with Crippen LogP contribution in [0, 0.1) is 0 Å². The molecule has 1 unspecified atom stereocenters. The number of thiophene rings is 1. The zero-order chi connectivity index (χ0) is 17.9. The molecular formula is C23H24N2S. The van der Waals surface area contributed by atoms with Crippen molar-refractivity contribution in [2.24, 2.45) is 0 Å². The van der Waals surface area contributed by atoms with Gasteiger partial charge in [-0.25, -0.2) is 4.98 Å². The van der Waals surface area contributed by atoms with Crippen molar-refractivity contribution in [3.8, 4) is 0 Å². The average Bonchev–Trinajstić information content (AvgIpc) is 3.30. The predicted octanol–water partition coefficient (Wildman–Crippen LogP) is 6.25. The van der Waals surface area contributed by atoms with Crippen molar-refractivity contribution in [2.45, 2.75) is 39.2 Å². The Morgan fingerprint density at radius 2 is 1.81 bits per heavy atom. The summed E-state index contributed by atoms with van der Waals surface area (Å²) in [7, 11) is 0. The van der Waals surface area contributed by atoms with Crippen molar-refractivity contribution in [1.29, 1.82) is 0 Å². The third-order valence-corrected chi connectivity index (χ3v) is 6.02. The fourth-order valence-electron chi connectivity index (χ4n) is 3.38. The van der Waals surface area contributed by atoms with Crippen LogP contribution >= 0.6 is 11.3 Å². The first-order valence-electron chi connectivity index (χ1n) is 9.30. The van der Waals surface area contributed by atoms with Gasteiger partial charge in [-0.15, -0.1) is 11.3 Å². The van der Waals surface area contributed by atoms with Gasteiger partial charge in [0.05, 0.1) is 11.0 Å². The Hall–Kier alpha value is -2.39. The van der Waals surface area contributed by atoms with Crippen LogP contribution in [0.2, 0.25) is 0 Å². The number of rotatable bonds is 6. The van der Waals surface area contributed by atoms with E-state index in [-0.39, 0.29) is 0 Å². The number of nitrogens with zero attached hydrogens (tertiary/aromatic N) is 2. The molecule has 0 aliphatic rings. The molecule has 4 rings (SSSR count). The lowest BCUT2D eigenvalue weighted by atomic mass is 9.97. The molecule has 2 aromatic heterocycles. The summed E-state index contributed by atoms with van der Waals surface area (Å²) in [6, 6.07) is 21.8. The predicted molar refractivity (Wildman–Crippen MR) is 111 cm³/mol. The first-order chi connectivity index (χ1) is 12.7. The fraction of sp³-hybridized carbons (Fsp3) is 0.261. The molecule has 0 aliphatic carbocycles. The minimum atomic E-state index is 0.618. The molecular weight excluding hydrogens is 336 g/mol. The topological polar surface area (TPSA) is 17.8 Å². The van der Waals surface area contributed by atoms with Gasteiger partial charge in [-0.3, -0.25) is 0 Å². The number of benzene rings is 2. The first-order valence-corrected chi connectivity index (χ1v) is 10.2. The summed E-state index contributed by atoms with van der Waals surface area (Å²) in [6.07, 6.45) is 2.06. The molecule has 0 spiro atoms. The standard InChI is InChI=1S/C23H24N2S/c1-3-17(2)19-12-10-18(11-13-19)16-25-22-9-5-4-8-21(22)24-23(25)15-20-7-6-14-26-20/h4-14,17H,3,15-16H2,1-2H3. The minimum absolute atomic E-state index is 0.618. The second kappa shape index (κ2) is 7.46. The van der Waals surface area contributed by atoms with Gasteiger partial charge in [0, 0.05) is 17.8 Å². The molecule has 26 heavy (non-hydrogen) atoms. The highest BCUT2D eigenvalue weighted by Gasteiger charge is 2.12. The van der Waals surface area contributed by atoms with Gasteiger partial charge in [0.25, 0.3) is 0 Å². The van der Waals surface area contributed by atoms with Crippen molar-refractivity contribution >= 4 is 22.4 Å². The molecule has 3 heteroatoms. The smallest absolute Gasteiger partial charge is 0.115 e. The summed E-state index contributed by atoms with van der Waals surface area (Å²) in [4.78, 5) is 6.27. The number of hydrogen-bond acceptors (Lipinski definition) is 2. The number of fused-ring (bicyclic) bond motifs is 1. The van der Waals surface area contributed by atoms with Crippen LogP contribution in [0.4, 0.5) is 0 Å². The maximum absolute atomic E-state index is 4.91. The first kappa shape index (κ1) is 17.0. The largest absolute Gasteiger partial charge is 0.323 e. The van der Waals surface area contributed by atoms with Gasteiger partial charge in [0.2, 0.25) is 0 Å². The molecule has 0 fully saturated rings. The molecule has 0 bridgehead atoms. The van der Waals surface area contributed by atoms with Gasteiger partial charge in [-0.05, 0) is 47.0 Å². The Morgan fingerprint density at radius 1 is 1.00 bits per heavy atom. The van der Waals surface area contributed by atoms with Gasteiger partial charge in [0.1, 0.15) is 5.82 Å². The molecule has 132 valence electrons. The lowest BCUT2D eigenvalue weighted by Gasteiger charge is -2.12. The average molecular weight is 361 g/mol. The van der Waals surface area contributed by atoms with E-state index in [4.69, 9.17) is 4.98 Å². The quantitative estimate of drug-likeness (QED) is 0.397. The summed E-state index contributed by atoms with van der Waals surface area (Å²) in [5.41, 5.74) is 5.04. The molecule has 0 radical (unpaired) electrons. The molecule has 0 saturated carbocycles. The normalized spacial score (nSPS) is 12.5. The Balaban J connectivity index is 1.68. The molecule has 1 atom stereocenters. The van der Waals surface area contributed by atoms with E-state index in [1.54, 1.807) is 11.3 Å². The van der Waals surface area contributed by atoms with Crippen molar-refractivity contribution in [3.63, 3.8) is 0 Å². The molecule has 2 heterocycles. The maximum atomic E-state index is 4.91. The van der Waals surface area contributed by atoms with Crippen LogP contribution in [0.1, 0.15) is 48.0 Å². The van der Waals surface area contributed by atoms with E-state index in [1.165, 1.54) is 27.9 Å². The summed E-state index contributed by atoms with van der Waals surface area (Å²) in [5, 5.41) is 2.13.